The van der Waals surface area contributed by atoms with E-state index in [1.807, 2.05) is 38.1 Å². The molecule has 1 aliphatic rings. The van der Waals surface area contributed by atoms with Gasteiger partial charge < -0.3 is 10.6 Å². The highest BCUT2D eigenvalue weighted by Gasteiger charge is 2.30. The van der Waals surface area contributed by atoms with Crippen LogP contribution in [0.3, 0.4) is 0 Å². The summed E-state index contributed by atoms with van der Waals surface area (Å²) >= 11 is 0. The van der Waals surface area contributed by atoms with Crippen LogP contribution in [-0.2, 0) is 16.4 Å². The summed E-state index contributed by atoms with van der Waals surface area (Å²) in [5.74, 6) is 0. The maximum Gasteiger partial charge on any atom is 0.323 e. The van der Waals surface area contributed by atoms with Gasteiger partial charge in [-0.2, -0.15) is 0 Å². The number of hydrogen-bond acceptors (Lipinski definition) is 3. The van der Waals surface area contributed by atoms with Crippen molar-refractivity contribution in [3.05, 3.63) is 83.4 Å². The summed E-state index contributed by atoms with van der Waals surface area (Å²) in [7, 11) is -3.60. The van der Waals surface area contributed by atoms with E-state index in [-0.39, 0.29) is 10.9 Å². The lowest BCUT2D eigenvalue weighted by molar-refractivity contribution is 0.262. The second-order valence-electron chi connectivity index (χ2n) is 7.44. The zero-order valence-electron chi connectivity index (χ0n) is 16.8. The summed E-state index contributed by atoms with van der Waals surface area (Å²) in [6, 6.07) is 19.2. The Bertz CT molecular complexity index is 1190. The van der Waals surface area contributed by atoms with E-state index in [2.05, 4.69) is 10.6 Å². The maximum absolute atomic E-state index is 13.0. The van der Waals surface area contributed by atoms with Gasteiger partial charge in [-0.3, -0.25) is 4.31 Å². The standard InChI is InChI=1S/C23H23N3O3S/c1-16-12-17(2)14-20(13-16)25-23(27)24-19-8-9-22-18(15-19)10-11-26(22)30(28,29)21-6-4-3-5-7-21/h3-9,12-15H,10-11H2,1-2H3,(H2,24,25,27). The molecule has 0 saturated carbocycles. The lowest BCUT2D eigenvalue weighted by Gasteiger charge is -2.19. The molecule has 6 nitrogen and oxygen atoms in total. The van der Waals surface area contributed by atoms with Crippen molar-refractivity contribution in [2.24, 2.45) is 0 Å². The van der Waals surface area contributed by atoms with Crippen LogP contribution in [0.1, 0.15) is 16.7 Å². The first kappa shape index (κ1) is 20.0. The first-order chi connectivity index (χ1) is 14.3. The molecular formula is C23H23N3O3S. The van der Waals surface area contributed by atoms with Crippen LogP contribution in [0, 0.1) is 13.8 Å². The third-order valence-electron chi connectivity index (χ3n) is 5.00. The number of hydrogen-bond donors (Lipinski definition) is 2. The van der Waals surface area contributed by atoms with Gasteiger partial charge in [-0.1, -0.05) is 24.3 Å². The van der Waals surface area contributed by atoms with Gasteiger partial charge >= 0.3 is 6.03 Å². The summed E-state index contributed by atoms with van der Waals surface area (Å²) in [6.07, 6.45) is 0.593. The molecule has 0 fully saturated rings. The molecule has 154 valence electrons. The molecule has 2 N–H and O–H groups in total. The number of carbonyl (C=O) groups excluding carboxylic acids is 1. The minimum atomic E-state index is -3.60. The number of nitrogens with one attached hydrogen (secondary N) is 2. The molecule has 0 radical (unpaired) electrons. The van der Waals surface area contributed by atoms with E-state index < -0.39 is 10.0 Å². The lowest BCUT2D eigenvalue weighted by Crippen LogP contribution is -2.29. The van der Waals surface area contributed by atoms with Gasteiger partial charge in [0.1, 0.15) is 0 Å². The van der Waals surface area contributed by atoms with E-state index in [0.717, 1.165) is 22.4 Å². The molecule has 0 unspecified atom stereocenters. The highest BCUT2D eigenvalue weighted by atomic mass is 32.2. The van der Waals surface area contributed by atoms with Crippen LogP contribution >= 0.6 is 0 Å². The van der Waals surface area contributed by atoms with Crippen LogP contribution in [-0.4, -0.2) is 21.0 Å². The van der Waals surface area contributed by atoms with Crippen molar-refractivity contribution in [2.75, 3.05) is 21.5 Å². The molecule has 0 atom stereocenters. The van der Waals surface area contributed by atoms with Gasteiger partial charge in [0.25, 0.3) is 10.0 Å². The van der Waals surface area contributed by atoms with Crippen molar-refractivity contribution in [1.82, 2.24) is 0 Å². The van der Waals surface area contributed by atoms with Crippen LogP contribution in [0.15, 0.2) is 71.6 Å². The van der Waals surface area contributed by atoms with Crippen LogP contribution in [0.2, 0.25) is 0 Å². The monoisotopic (exact) mass is 421 g/mol. The van der Waals surface area contributed by atoms with E-state index >= 15 is 0 Å². The highest BCUT2D eigenvalue weighted by Crippen LogP contribution is 2.34. The highest BCUT2D eigenvalue weighted by molar-refractivity contribution is 7.92. The molecule has 30 heavy (non-hydrogen) atoms. The summed E-state index contributed by atoms with van der Waals surface area (Å²) in [5, 5.41) is 5.66. The molecule has 4 rings (SSSR count). The molecule has 3 aromatic carbocycles. The molecule has 3 aromatic rings. The zero-order chi connectivity index (χ0) is 21.3. The number of rotatable bonds is 4. The van der Waals surface area contributed by atoms with Crippen molar-refractivity contribution in [2.45, 2.75) is 25.2 Å². The van der Waals surface area contributed by atoms with E-state index in [9.17, 15) is 13.2 Å². The average Bonchev–Trinajstić information content (AvgIpc) is 3.12. The maximum atomic E-state index is 13.0. The topological polar surface area (TPSA) is 78.5 Å². The number of benzene rings is 3. The van der Waals surface area contributed by atoms with E-state index in [1.165, 1.54) is 4.31 Å². The number of amides is 2. The minimum absolute atomic E-state index is 0.271. The predicted molar refractivity (Wildman–Crippen MR) is 120 cm³/mol. The molecule has 7 heteroatoms. The molecule has 2 amide bonds. The van der Waals surface area contributed by atoms with Gasteiger partial charge in [-0.25, -0.2) is 13.2 Å². The number of carbonyl (C=O) groups is 1. The van der Waals surface area contributed by atoms with E-state index in [4.69, 9.17) is 0 Å². The van der Waals surface area contributed by atoms with Crippen LogP contribution < -0.4 is 14.9 Å². The Morgan fingerprint density at radius 2 is 1.53 bits per heavy atom. The fourth-order valence-electron chi connectivity index (χ4n) is 3.76. The molecule has 0 saturated heterocycles. The molecule has 0 aromatic heterocycles. The summed E-state index contributed by atoms with van der Waals surface area (Å²) < 4.78 is 27.4. The number of anilines is 3. The van der Waals surface area contributed by atoms with Gasteiger partial charge in [0.15, 0.2) is 0 Å². The van der Waals surface area contributed by atoms with Crippen molar-refractivity contribution in [1.29, 1.82) is 0 Å². The number of urea groups is 1. The zero-order valence-corrected chi connectivity index (χ0v) is 17.7. The average molecular weight is 422 g/mol. The van der Waals surface area contributed by atoms with Gasteiger partial charge in [0, 0.05) is 17.9 Å². The quantitative estimate of drug-likeness (QED) is 0.641. The minimum Gasteiger partial charge on any atom is -0.308 e. The smallest absolute Gasteiger partial charge is 0.308 e. The van der Waals surface area contributed by atoms with Gasteiger partial charge in [0.2, 0.25) is 0 Å². The van der Waals surface area contributed by atoms with Crippen LogP contribution in [0.25, 0.3) is 0 Å². The number of aryl methyl sites for hydroxylation is 2. The van der Waals surface area contributed by atoms with Gasteiger partial charge in [0.05, 0.1) is 10.6 Å². The fraction of sp³-hybridized carbons (Fsp3) is 0.174. The van der Waals surface area contributed by atoms with E-state index in [1.54, 1.807) is 42.5 Å². The second-order valence-corrected chi connectivity index (χ2v) is 9.30. The summed E-state index contributed by atoms with van der Waals surface area (Å²) in [5.41, 5.74) is 5.03. The largest absolute Gasteiger partial charge is 0.323 e. The fourth-order valence-corrected chi connectivity index (χ4v) is 5.28. The summed E-state index contributed by atoms with van der Waals surface area (Å²) in [4.78, 5) is 12.7. The molecule has 0 bridgehead atoms. The van der Waals surface area contributed by atoms with Crippen molar-refractivity contribution in [3.63, 3.8) is 0 Å². The number of nitrogens with zero attached hydrogens (tertiary/aromatic N) is 1. The number of sulfonamides is 1. The normalized spacial score (nSPS) is 13.1. The van der Waals surface area contributed by atoms with Crippen LogP contribution in [0.5, 0.6) is 0 Å². The van der Waals surface area contributed by atoms with Gasteiger partial charge in [-0.05, 0) is 79.4 Å². The molecule has 1 heterocycles. The first-order valence-corrected chi connectivity index (χ1v) is 11.1. The van der Waals surface area contributed by atoms with Crippen LogP contribution in [0.4, 0.5) is 21.9 Å². The Morgan fingerprint density at radius 1 is 0.867 bits per heavy atom. The Labute approximate surface area is 176 Å². The Morgan fingerprint density at radius 3 is 2.23 bits per heavy atom. The third kappa shape index (κ3) is 4.02. The molecule has 1 aliphatic heterocycles. The Balaban J connectivity index is 1.50. The lowest BCUT2D eigenvalue weighted by atomic mass is 10.1. The third-order valence-corrected chi connectivity index (χ3v) is 6.83. The van der Waals surface area contributed by atoms with Crippen molar-refractivity contribution < 1.29 is 13.2 Å². The summed E-state index contributed by atoms with van der Waals surface area (Å²) in [6.45, 7) is 4.34. The van der Waals surface area contributed by atoms with Crippen molar-refractivity contribution in [3.8, 4) is 0 Å². The molecule has 0 aliphatic carbocycles. The van der Waals surface area contributed by atoms with Gasteiger partial charge in [-0.15, -0.1) is 0 Å². The Kier molecular flexibility index (Phi) is 5.22. The predicted octanol–water partition coefficient (Wildman–Crippen LogP) is 4.70. The SMILES string of the molecule is Cc1cc(C)cc(NC(=O)Nc2ccc3c(c2)CCN3S(=O)(=O)c2ccccc2)c1. The second kappa shape index (κ2) is 7.84. The first-order valence-electron chi connectivity index (χ1n) is 9.70. The van der Waals surface area contributed by atoms with E-state index in [0.29, 0.717) is 24.3 Å². The Hall–Kier alpha value is -3.32. The number of fused-ring (bicyclic) bond motifs is 1. The molecular weight excluding hydrogens is 398 g/mol. The molecule has 0 spiro atoms. The van der Waals surface area contributed by atoms with Crippen molar-refractivity contribution >= 4 is 33.1 Å².